The van der Waals surface area contributed by atoms with Crippen LogP contribution < -0.4 is 5.32 Å². The lowest BCUT2D eigenvalue weighted by molar-refractivity contribution is -0.144. The summed E-state index contributed by atoms with van der Waals surface area (Å²) in [4.78, 5) is 23.0. The SMILES string of the molecule is CCCC1(C)[C@@H](C#N)C(=O)NC(=O)[C@@H]1C#N. The minimum absolute atomic E-state index is 0.503. The molecule has 2 amide bonds. The molecule has 5 nitrogen and oxygen atoms in total. The van der Waals surface area contributed by atoms with Gasteiger partial charge in [0.1, 0.15) is 11.8 Å². The first kappa shape index (κ1) is 12.2. The van der Waals surface area contributed by atoms with Gasteiger partial charge in [-0.25, -0.2) is 0 Å². The topological polar surface area (TPSA) is 93.8 Å². The van der Waals surface area contributed by atoms with Crippen molar-refractivity contribution in [2.24, 2.45) is 17.3 Å². The van der Waals surface area contributed by atoms with Crippen molar-refractivity contribution in [3.05, 3.63) is 0 Å². The van der Waals surface area contributed by atoms with E-state index in [9.17, 15) is 9.59 Å². The monoisotopic (exact) mass is 219 g/mol. The summed E-state index contributed by atoms with van der Waals surface area (Å²) in [6.07, 6.45) is 1.22. The molecule has 0 radical (unpaired) electrons. The number of nitriles is 2. The van der Waals surface area contributed by atoms with E-state index in [0.29, 0.717) is 12.8 Å². The predicted molar refractivity (Wildman–Crippen MR) is 54.4 cm³/mol. The third kappa shape index (κ3) is 1.65. The van der Waals surface area contributed by atoms with Gasteiger partial charge in [0.05, 0.1) is 12.1 Å². The van der Waals surface area contributed by atoms with E-state index in [4.69, 9.17) is 10.5 Å². The normalized spacial score (nSPS) is 27.8. The molecule has 1 saturated heterocycles. The first-order valence-electron chi connectivity index (χ1n) is 5.15. The number of nitrogens with zero attached hydrogens (tertiary/aromatic N) is 2. The van der Waals surface area contributed by atoms with E-state index in [1.165, 1.54) is 0 Å². The van der Waals surface area contributed by atoms with Gasteiger partial charge >= 0.3 is 0 Å². The van der Waals surface area contributed by atoms with Crippen molar-refractivity contribution in [2.45, 2.75) is 26.7 Å². The number of imide groups is 1. The Labute approximate surface area is 94.0 Å². The number of hydrogen-bond acceptors (Lipinski definition) is 4. The highest BCUT2D eigenvalue weighted by atomic mass is 16.2. The van der Waals surface area contributed by atoms with Gasteiger partial charge in [0.25, 0.3) is 0 Å². The van der Waals surface area contributed by atoms with E-state index < -0.39 is 29.1 Å². The number of carbonyl (C=O) groups is 2. The molecule has 0 spiro atoms. The van der Waals surface area contributed by atoms with Crippen molar-refractivity contribution < 1.29 is 9.59 Å². The molecule has 0 aliphatic carbocycles. The van der Waals surface area contributed by atoms with Gasteiger partial charge in [0.2, 0.25) is 11.8 Å². The Kier molecular flexibility index (Phi) is 3.29. The van der Waals surface area contributed by atoms with E-state index in [2.05, 4.69) is 5.32 Å². The summed E-state index contributed by atoms with van der Waals surface area (Å²) in [6.45, 7) is 3.56. The highest BCUT2D eigenvalue weighted by Gasteiger charge is 2.52. The molecular formula is C11H13N3O2. The van der Waals surface area contributed by atoms with Crippen LogP contribution in [-0.2, 0) is 9.59 Å². The Morgan fingerprint density at radius 2 is 1.69 bits per heavy atom. The molecule has 5 heteroatoms. The molecule has 1 fully saturated rings. The fourth-order valence-electron chi connectivity index (χ4n) is 2.27. The van der Waals surface area contributed by atoms with Crippen LogP contribution in [-0.4, -0.2) is 11.8 Å². The van der Waals surface area contributed by atoms with Crippen LogP contribution in [0.2, 0.25) is 0 Å². The number of rotatable bonds is 2. The predicted octanol–water partition coefficient (Wildman–Crippen LogP) is 0.729. The van der Waals surface area contributed by atoms with Crippen LogP contribution in [0.25, 0.3) is 0 Å². The average Bonchev–Trinajstić information content (AvgIpc) is 2.18. The minimum atomic E-state index is -0.935. The quantitative estimate of drug-likeness (QED) is 0.692. The molecule has 1 rings (SSSR count). The molecule has 1 N–H and O–H groups in total. The zero-order chi connectivity index (χ0) is 12.3. The fraction of sp³-hybridized carbons (Fsp3) is 0.636. The molecule has 0 aromatic heterocycles. The van der Waals surface area contributed by atoms with Crippen LogP contribution in [0.15, 0.2) is 0 Å². The van der Waals surface area contributed by atoms with Crippen molar-refractivity contribution in [1.82, 2.24) is 5.32 Å². The Hall–Kier alpha value is -1.88. The summed E-state index contributed by atoms with van der Waals surface area (Å²) in [5.74, 6) is -3.05. The molecule has 1 aliphatic rings. The number of nitrogens with one attached hydrogen (secondary N) is 1. The van der Waals surface area contributed by atoms with Gasteiger partial charge in [-0.3, -0.25) is 14.9 Å². The second kappa shape index (κ2) is 4.32. The van der Waals surface area contributed by atoms with Crippen LogP contribution in [0.5, 0.6) is 0 Å². The second-order valence-corrected chi connectivity index (χ2v) is 4.23. The van der Waals surface area contributed by atoms with Crippen LogP contribution in [0.4, 0.5) is 0 Å². The van der Waals surface area contributed by atoms with Crippen LogP contribution in [0, 0.1) is 39.9 Å². The molecule has 0 saturated carbocycles. The molecule has 0 bridgehead atoms. The Bertz CT molecular complexity index is 370. The third-order valence-electron chi connectivity index (χ3n) is 3.14. The highest BCUT2D eigenvalue weighted by Crippen LogP contribution is 2.42. The van der Waals surface area contributed by atoms with Crippen molar-refractivity contribution in [1.29, 1.82) is 10.5 Å². The van der Waals surface area contributed by atoms with Crippen molar-refractivity contribution >= 4 is 11.8 Å². The molecule has 1 aliphatic heterocycles. The number of hydrogen-bond donors (Lipinski definition) is 1. The second-order valence-electron chi connectivity index (χ2n) is 4.23. The highest BCUT2D eigenvalue weighted by molar-refractivity contribution is 6.03. The summed E-state index contributed by atoms with van der Waals surface area (Å²) in [6, 6.07) is 3.80. The number of carbonyl (C=O) groups excluding carboxylic acids is 2. The van der Waals surface area contributed by atoms with E-state index in [1.54, 1.807) is 6.92 Å². The van der Waals surface area contributed by atoms with Gasteiger partial charge in [-0.05, 0) is 6.42 Å². The molecular weight excluding hydrogens is 206 g/mol. The van der Waals surface area contributed by atoms with Gasteiger partial charge in [-0.1, -0.05) is 20.3 Å². The lowest BCUT2D eigenvalue weighted by Crippen LogP contribution is -2.56. The van der Waals surface area contributed by atoms with Gasteiger partial charge in [-0.2, -0.15) is 10.5 Å². The number of piperidine rings is 1. The Balaban J connectivity index is 3.21. The summed E-state index contributed by atoms with van der Waals surface area (Å²) in [7, 11) is 0. The third-order valence-corrected chi connectivity index (χ3v) is 3.14. The summed E-state index contributed by atoms with van der Waals surface area (Å²) < 4.78 is 0. The maximum Gasteiger partial charge on any atom is 0.244 e. The minimum Gasteiger partial charge on any atom is -0.294 e. The first-order chi connectivity index (χ1) is 7.51. The summed E-state index contributed by atoms with van der Waals surface area (Å²) in [5, 5.41) is 20.1. The first-order valence-corrected chi connectivity index (χ1v) is 5.15. The maximum atomic E-state index is 11.5. The molecule has 16 heavy (non-hydrogen) atoms. The molecule has 1 heterocycles. The van der Waals surface area contributed by atoms with Crippen LogP contribution in [0.3, 0.4) is 0 Å². The zero-order valence-corrected chi connectivity index (χ0v) is 9.28. The lowest BCUT2D eigenvalue weighted by atomic mass is 9.63. The van der Waals surface area contributed by atoms with Gasteiger partial charge in [0.15, 0.2) is 0 Å². The Morgan fingerprint density at radius 1 is 1.25 bits per heavy atom. The molecule has 0 unspecified atom stereocenters. The Morgan fingerprint density at radius 3 is 2.00 bits per heavy atom. The molecule has 0 aromatic rings. The molecule has 84 valence electrons. The van der Waals surface area contributed by atoms with E-state index in [1.807, 2.05) is 19.1 Å². The van der Waals surface area contributed by atoms with Gasteiger partial charge in [-0.15, -0.1) is 0 Å². The van der Waals surface area contributed by atoms with E-state index in [0.717, 1.165) is 0 Å². The summed E-state index contributed by atoms with van der Waals surface area (Å²) in [5.41, 5.74) is -0.877. The standard InChI is InChI=1S/C11H13N3O2/c1-3-4-11(2)7(5-12)9(15)14-10(16)8(11)6-13/h7-8H,3-4H2,1-2H3,(H,14,15,16)/t7-,8-/m0/s1. The van der Waals surface area contributed by atoms with E-state index >= 15 is 0 Å². The largest absolute Gasteiger partial charge is 0.294 e. The maximum absolute atomic E-state index is 11.5. The number of amides is 2. The van der Waals surface area contributed by atoms with Gasteiger partial charge < -0.3 is 0 Å². The van der Waals surface area contributed by atoms with Gasteiger partial charge in [0, 0.05) is 5.41 Å². The lowest BCUT2D eigenvalue weighted by Gasteiger charge is -2.39. The van der Waals surface area contributed by atoms with Crippen molar-refractivity contribution in [3.8, 4) is 12.1 Å². The smallest absolute Gasteiger partial charge is 0.244 e. The van der Waals surface area contributed by atoms with E-state index in [-0.39, 0.29) is 0 Å². The van der Waals surface area contributed by atoms with Crippen LogP contribution in [0.1, 0.15) is 26.7 Å². The fourth-order valence-corrected chi connectivity index (χ4v) is 2.27. The molecule has 2 atom stereocenters. The molecule has 0 aromatic carbocycles. The van der Waals surface area contributed by atoms with Crippen molar-refractivity contribution in [3.63, 3.8) is 0 Å². The average molecular weight is 219 g/mol. The van der Waals surface area contributed by atoms with Crippen molar-refractivity contribution in [2.75, 3.05) is 0 Å². The van der Waals surface area contributed by atoms with Crippen LogP contribution >= 0.6 is 0 Å². The summed E-state index contributed by atoms with van der Waals surface area (Å²) >= 11 is 0. The zero-order valence-electron chi connectivity index (χ0n) is 9.28.